The quantitative estimate of drug-likeness (QED) is 0.842. The van der Waals surface area contributed by atoms with Gasteiger partial charge in [-0.1, -0.05) is 0 Å². The highest BCUT2D eigenvalue weighted by Crippen LogP contribution is 2.16. The van der Waals surface area contributed by atoms with Gasteiger partial charge in [0.2, 0.25) is 5.91 Å². The Morgan fingerprint density at radius 2 is 2.00 bits per heavy atom. The molecule has 2 N–H and O–H groups in total. The van der Waals surface area contributed by atoms with Gasteiger partial charge in [0, 0.05) is 11.8 Å². The smallest absolute Gasteiger partial charge is 0.239 e. The fraction of sp³-hybridized carbons (Fsp3) is 0.0909. The van der Waals surface area contributed by atoms with Crippen LogP contribution in [0.3, 0.4) is 0 Å². The maximum Gasteiger partial charge on any atom is 0.239 e. The van der Waals surface area contributed by atoms with Crippen LogP contribution in [0.2, 0.25) is 0 Å². The van der Waals surface area contributed by atoms with Crippen molar-refractivity contribution in [2.75, 3.05) is 0 Å². The van der Waals surface area contributed by atoms with E-state index in [4.69, 9.17) is 5.73 Å². The minimum Gasteiger partial charge on any atom is -0.368 e. The summed E-state index contributed by atoms with van der Waals surface area (Å²) in [5.74, 6) is -0.742. The molecule has 0 aliphatic rings. The predicted molar refractivity (Wildman–Crippen MR) is 56.8 cm³/mol. The van der Waals surface area contributed by atoms with Crippen LogP contribution in [0.4, 0.5) is 4.39 Å². The first-order chi connectivity index (χ1) is 7.65. The lowest BCUT2D eigenvalue weighted by Gasteiger charge is -1.97. The zero-order valence-corrected chi connectivity index (χ0v) is 8.43. The first-order valence-electron chi connectivity index (χ1n) is 4.73. The van der Waals surface area contributed by atoms with Crippen molar-refractivity contribution in [2.24, 2.45) is 5.73 Å². The molecule has 0 spiro atoms. The molecule has 2 rings (SSSR count). The lowest BCUT2D eigenvalue weighted by Crippen LogP contribution is -2.18. The third kappa shape index (κ3) is 2.25. The number of carbonyl (C=O) groups is 1. The molecule has 1 aromatic carbocycles. The van der Waals surface area contributed by atoms with Crippen LogP contribution in [0.25, 0.3) is 11.3 Å². The average molecular weight is 219 g/mol. The van der Waals surface area contributed by atoms with Crippen LogP contribution < -0.4 is 5.73 Å². The molecule has 1 aromatic heterocycles. The summed E-state index contributed by atoms with van der Waals surface area (Å²) >= 11 is 0. The number of hydrogen-bond donors (Lipinski definition) is 1. The van der Waals surface area contributed by atoms with Gasteiger partial charge in [0.1, 0.15) is 12.4 Å². The van der Waals surface area contributed by atoms with E-state index >= 15 is 0 Å². The monoisotopic (exact) mass is 219 g/mol. The van der Waals surface area contributed by atoms with E-state index in [-0.39, 0.29) is 12.4 Å². The van der Waals surface area contributed by atoms with Gasteiger partial charge in [0.05, 0.1) is 5.69 Å². The van der Waals surface area contributed by atoms with E-state index in [1.165, 1.54) is 16.8 Å². The van der Waals surface area contributed by atoms with Gasteiger partial charge < -0.3 is 5.73 Å². The highest BCUT2D eigenvalue weighted by atomic mass is 19.1. The van der Waals surface area contributed by atoms with Crippen LogP contribution in [0.15, 0.2) is 36.5 Å². The molecule has 0 saturated carbocycles. The molecule has 0 radical (unpaired) electrons. The second-order valence-electron chi connectivity index (χ2n) is 3.37. The molecule has 2 aromatic rings. The van der Waals surface area contributed by atoms with Crippen molar-refractivity contribution in [2.45, 2.75) is 6.54 Å². The normalized spacial score (nSPS) is 10.3. The summed E-state index contributed by atoms with van der Waals surface area (Å²) in [6.07, 6.45) is 1.66. The summed E-state index contributed by atoms with van der Waals surface area (Å²) in [6.45, 7) is 0.0429. The van der Waals surface area contributed by atoms with Gasteiger partial charge in [-0.05, 0) is 30.3 Å². The van der Waals surface area contributed by atoms with Crippen molar-refractivity contribution < 1.29 is 9.18 Å². The third-order valence-corrected chi connectivity index (χ3v) is 2.10. The van der Waals surface area contributed by atoms with E-state index in [1.54, 1.807) is 24.4 Å². The zero-order chi connectivity index (χ0) is 11.5. The van der Waals surface area contributed by atoms with Crippen LogP contribution in [0, 0.1) is 5.82 Å². The van der Waals surface area contributed by atoms with Crippen LogP contribution in [-0.2, 0) is 11.3 Å². The molecule has 4 nitrogen and oxygen atoms in total. The van der Waals surface area contributed by atoms with Gasteiger partial charge in [0.25, 0.3) is 0 Å². The van der Waals surface area contributed by atoms with Crippen molar-refractivity contribution in [3.8, 4) is 11.3 Å². The third-order valence-electron chi connectivity index (χ3n) is 2.10. The minimum atomic E-state index is -0.450. The highest BCUT2D eigenvalue weighted by molar-refractivity contribution is 5.73. The Labute approximate surface area is 91.5 Å². The number of nitrogens with two attached hydrogens (primary N) is 1. The van der Waals surface area contributed by atoms with E-state index in [2.05, 4.69) is 5.10 Å². The second kappa shape index (κ2) is 4.14. The molecule has 0 unspecified atom stereocenters. The molecular weight excluding hydrogens is 209 g/mol. The summed E-state index contributed by atoms with van der Waals surface area (Å²) in [6, 6.07) is 7.74. The van der Waals surface area contributed by atoms with Gasteiger partial charge >= 0.3 is 0 Å². The number of halogens is 1. The van der Waals surface area contributed by atoms with Crippen molar-refractivity contribution in [1.29, 1.82) is 0 Å². The number of rotatable bonds is 3. The van der Waals surface area contributed by atoms with Crippen molar-refractivity contribution >= 4 is 5.91 Å². The van der Waals surface area contributed by atoms with Crippen LogP contribution in [-0.4, -0.2) is 15.7 Å². The SMILES string of the molecule is NC(=O)Cn1ccc(-c2ccc(F)cc2)n1. The van der Waals surface area contributed by atoms with Gasteiger partial charge in [-0.15, -0.1) is 0 Å². The van der Waals surface area contributed by atoms with Crippen molar-refractivity contribution in [3.05, 3.63) is 42.3 Å². The standard InChI is InChI=1S/C11H10FN3O/c12-9-3-1-8(2-4-9)10-5-6-15(14-10)7-11(13)16/h1-6H,7H2,(H2,13,16). The molecule has 0 aliphatic carbocycles. The fourth-order valence-electron chi connectivity index (χ4n) is 1.38. The Balaban J connectivity index is 2.24. The fourth-order valence-corrected chi connectivity index (χ4v) is 1.38. The number of primary amides is 1. The molecule has 1 heterocycles. The molecule has 1 amide bonds. The summed E-state index contributed by atoms with van der Waals surface area (Å²) in [5, 5.41) is 4.14. The lowest BCUT2D eigenvalue weighted by molar-refractivity contribution is -0.118. The number of nitrogens with zero attached hydrogens (tertiary/aromatic N) is 2. The van der Waals surface area contributed by atoms with Gasteiger partial charge in [-0.25, -0.2) is 4.39 Å². The lowest BCUT2D eigenvalue weighted by atomic mass is 10.1. The molecule has 0 bridgehead atoms. The molecule has 0 fully saturated rings. The Morgan fingerprint density at radius 1 is 1.31 bits per heavy atom. The van der Waals surface area contributed by atoms with Crippen molar-refractivity contribution in [1.82, 2.24) is 9.78 Å². The Bertz CT molecular complexity index is 504. The first kappa shape index (κ1) is 10.4. The summed E-state index contributed by atoms with van der Waals surface area (Å²) in [7, 11) is 0. The molecule has 16 heavy (non-hydrogen) atoms. The second-order valence-corrected chi connectivity index (χ2v) is 3.37. The topological polar surface area (TPSA) is 60.9 Å². The molecular formula is C11H10FN3O. The molecule has 82 valence electrons. The zero-order valence-electron chi connectivity index (χ0n) is 8.43. The number of amides is 1. The Morgan fingerprint density at radius 3 is 2.62 bits per heavy atom. The number of aromatic nitrogens is 2. The summed E-state index contributed by atoms with van der Waals surface area (Å²) in [5.41, 5.74) is 6.52. The Hall–Kier alpha value is -2.17. The van der Waals surface area contributed by atoms with Crippen LogP contribution in [0.5, 0.6) is 0 Å². The maximum absolute atomic E-state index is 12.7. The van der Waals surface area contributed by atoms with E-state index in [0.717, 1.165) is 5.56 Å². The van der Waals surface area contributed by atoms with Gasteiger partial charge in [-0.2, -0.15) is 5.10 Å². The van der Waals surface area contributed by atoms with Crippen molar-refractivity contribution in [3.63, 3.8) is 0 Å². The summed E-state index contributed by atoms with van der Waals surface area (Å²) < 4.78 is 14.1. The van der Waals surface area contributed by atoms with Crippen LogP contribution in [0.1, 0.15) is 0 Å². The van der Waals surface area contributed by atoms with E-state index in [0.29, 0.717) is 5.69 Å². The van der Waals surface area contributed by atoms with E-state index in [9.17, 15) is 9.18 Å². The minimum absolute atomic E-state index is 0.0429. The number of benzene rings is 1. The van der Waals surface area contributed by atoms with Gasteiger partial charge in [0.15, 0.2) is 0 Å². The number of carbonyl (C=O) groups excluding carboxylic acids is 1. The highest BCUT2D eigenvalue weighted by Gasteiger charge is 2.03. The van der Waals surface area contributed by atoms with E-state index in [1.807, 2.05) is 0 Å². The van der Waals surface area contributed by atoms with Crippen LogP contribution >= 0.6 is 0 Å². The molecule has 0 atom stereocenters. The van der Waals surface area contributed by atoms with Gasteiger partial charge in [-0.3, -0.25) is 9.48 Å². The first-order valence-corrected chi connectivity index (χ1v) is 4.73. The average Bonchev–Trinajstić information content (AvgIpc) is 2.66. The maximum atomic E-state index is 12.7. The largest absolute Gasteiger partial charge is 0.368 e. The molecule has 0 saturated heterocycles. The Kier molecular flexibility index (Phi) is 2.68. The number of hydrogen-bond acceptors (Lipinski definition) is 2. The molecule has 0 aliphatic heterocycles. The predicted octanol–water partition coefficient (Wildman–Crippen LogP) is 1.17. The van der Waals surface area contributed by atoms with E-state index < -0.39 is 5.91 Å². The molecule has 5 heteroatoms. The summed E-state index contributed by atoms with van der Waals surface area (Å²) in [4.78, 5) is 10.7.